The minimum atomic E-state index is -4.60. The van der Waals surface area contributed by atoms with Crippen LogP contribution in [0.1, 0.15) is 59.2 Å². The van der Waals surface area contributed by atoms with Gasteiger partial charge in [-0.2, -0.15) is 18.3 Å². The molecule has 1 aromatic carbocycles. The van der Waals surface area contributed by atoms with Gasteiger partial charge in [-0.3, -0.25) is 9.48 Å². The normalized spacial score (nSPS) is 25.5. The number of hydrogen-bond donors (Lipinski definition) is 3. The van der Waals surface area contributed by atoms with Crippen LogP contribution in [0, 0.1) is 17.7 Å². The van der Waals surface area contributed by atoms with Crippen LogP contribution in [-0.4, -0.2) is 30.3 Å². The second-order valence-electron chi connectivity index (χ2n) is 10.0. The molecule has 2 fully saturated rings. The summed E-state index contributed by atoms with van der Waals surface area (Å²) in [4.78, 5) is 16.9. The number of carbonyl (C=O) groups excluding carboxylic acids is 1. The van der Waals surface area contributed by atoms with Crippen LogP contribution >= 0.6 is 11.6 Å². The predicted octanol–water partition coefficient (Wildman–Crippen LogP) is 4.59. The summed E-state index contributed by atoms with van der Waals surface area (Å²) in [7, 11) is 3.07. The number of aromatic nitrogens is 4. The van der Waals surface area contributed by atoms with Crippen LogP contribution in [0.4, 0.5) is 29.1 Å². The van der Waals surface area contributed by atoms with Gasteiger partial charge in [-0.1, -0.05) is 11.6 Å². The molecule has 0 saturated heterocycles. The van der Waals surface area contributed by atoms with Gasteiger partial charge in [0.2, 0.25) is 0 Å². The van der Waals surface area contributed by atoms with E-state index in [4.69, 9.17) is 17.3 Å². The van der Waals surface area contributed by atoms with Crippen molar-refractivity contribution in [3.63, 3.8) is 0 Å². The zero-order chi connectivity index (χ0) is 26.9. The quantitative estimate of drug-likeness (QED) is 0.419. The van der Waals surface area contributed by atoms with Crippen molar-refractivity contribution < 1.29 is 27.5 Å². The van der Waals surface area contributed by atoms with Gasteiger partial charge in [0.25, 0.3) is 5.91 Å². The summed E-state index contributed by atoms with van der Waals surface area (Å²) < 4.78 is 55.6. The minimum Gasteiger partial charge on any atom is -0.383 e. The first-order chi connectivity index (χ1) is 17.3. The van der Waals surface area contributed by atoms with Crippen molar-refractivity contribution in [3.8, 4) is 0 Å². The average Bonchev–Trinajstić information content (AvgIpc) is 3.52. The Labute approximate surface area is 214 Å². The molecule has 2 aliphatic rings. The summed E-state index contributed by atoms with van der Waals surface area (Å²) in [6.45, 7) is 0. The standard InChI is InChI=1S/C24H25ClF4N6O2/c1-34-10-17(24(27,28)29)32-22(34)23(37)8-12-5-11(6-13(12)9-23)19-18(20(30)35(2)33-19)21(36)31-14-3-4-16(26)15(25)7-14/h3-4,7,10-13,37H,5-6,8-9,30H2,1-2H3,(H,31,36). The lowest BCUT2D eigenvalue weighted by molar-refractivity contribution is -0.141. The summed E-state index contributed by atoms with van der Waals surface area (Å²) in [6, 6.07) is 3.82. The lowest BCUT2D eigenvalue weighted by Crippen LogP contribution is -2.27. The molecule has 1 amide bonds. The molecule has 0 aliphatic heterocycles. The number of aryl methyl sites for hydroxylation is 2. The fraction of sp³-hybridized carbons (Fsp3) is 0.458. The van der Waals surface area contributed by atoms with Crippen molar-refractivity contribution >= 4 is 29.0 Å². The van der Waals surface area contributed by atoms with E-state index < -0.39 is 29.2 Å². The minimum absolute atomic E-state index is 0.00545. The molecule has 2 aromatic heterocycles. The number of aliphatic hydroxyl groups is 1. The predicted molar refractivity (Wildman–Crippen MR) is 127 cm³/mol. The molecule has 13 heteroatoms. The number of nitrogens with one attached hydrogen (secondary N) is 1. The molecule has 2 heterocycles. The van der Waals surface area contributed by atoms with E-state index in [-0.39, 0.29) is 52.8 Å². The fourth-order valence-corrected chi connectivity index (χ4v) is 6.13. The molecule has 2 saturated carbocycles. The Morgan fingerprint density at radius 3 is 2.46 bits per heavy atom. The van der Waals surface area contributed by atoms with Crippen LogP contribution in [0.15, 0.2) is 24.4 Å². The van der Waals surface area contributed by atoms with Crippen molar-refractivity contribution in [3.05, 3.63) is 58.0 Å². The average molecular weight is 541 g/mol. The van der Waals surface area contributed by atoms with Crippen molar-refractivity contribution in [1.82, 2.24) is 19.3 Å². The van der Waals surface area contributed by atoms with Crippen molar-refractivity contribution in [2.45, 2.75) is 43.4 Å². The maximum absolute atomic E-state index is 13.5. The number of nitrogens with zero attached hydrogens (tertiary/aromatic N) is 4. The first-order valence-corrected chi connectivity index (χ1v) is 12.1. The fourth-order valence-electron chi connectivity index (χ4n) is 5.95. The Balaban J connectivity index is 1.35. The highest BCUT2D eigenvalue weighted by Gasteiger charge is 2.53. The van der Waals surface area contributed by atoms with E-state index in [0.29, 0.717) is 24.2 Å². The molecule has 2 unspecified atom stereocenters. The number of amides is 1. The van der Waals surface area contributed by atoms with Crippen LogP contribution in [0.3, 0.4) is 0 Å². The monoisotopic (exact) mass is 540 g/mol. The van der Waals surface area contributed by atoms with Gasteiger partial charge in [-0.05, 0) is 55.7 Å². The van der Waals surface area contributed by atoms with Crippen LogP contribution in [0.25, 0.3) is 0 Å². The van der Waals surface area contributed by atoms with Gasteiger partial charge in [0.1, 0.15) is 28.6 Å². The highest BCUT2D eigenvalue weighted by atomic mass is 35.5. The molecule has 2 atom stereocenters. The first kappa shape index (κ1) is 25.5. The maximum atomic E-state index is 13.5. The Kier molecular flexibility index (Phi) is 6.02. The molecule has 5 rings (SSSR count). The highest BCUT2D eigenvalue weighted by Crippen LogP contribution is 2.57. The number of anilines is 2. The lowest BCUT2D eigenvalue weighted by Gasteiger charge is -2.24. The summed E-state index contributed by atoms with van der Waals surface area (Å²) in [5.41, 5.74) is 4.70. The highest BCUT2D eigenvalue weighted by molar-refractivity contribution is 6.31. The number of imidazole rings is 1. The first-order valence-electron chi connectivity index (χ1n) is 11.7. The van der Waals surface area contributed by atoms with E-state index in [9.17, 15) is 27.5 Å². The van der Waals surface area contributed by atoms with E-state index in [1.54, 1.807) is 7.05 Å². The number of nitrogen functional groups attached to an aromatic ring is 1. The van der Waals surface area contributed by atoms with Gasteiger partial charge < -0.3 is 20.7 Å². The number of hydrogen-bond acceptors (Lipinski definition) is 5. The largest absolute Gasteiger partial charge is 0.434 e. The Morgan fingerprint density at radius 1 is 1.24 bits per heavy atom. The van der Waals surface area contributed by atoms with Crippen LogP contribution < -0.4 is 11.1 Å². The van der Waals surface area contributed by atoms with E-state index in [1.807, 2.05) is 0 Å². The molecule has 4 N–H and O–H groups in total. The number of rotatable bonds is 4. The Hall–Kier alpha value is -3.12. The smallest absolute Gasteiger partial charge is 0.383 e. The topological polar surface area (TPSA) is 111 Å². The van der Waals surface area contributed by atoms with Gasteiger partial charge in [0.15, 0.2) is 5.69 Å². The SMILES string of the molecule is Cn1cc(C(F)(F)F)nc1C1(O)CC2CC(c3nn(C)c(N)c3C(=O)Nc3ccc(F)c(Cl)c3)CC2C1. The third-order valence-corrected chi connectivity index (χ3v) is 7.82. The molecule has 0 bridgehead atoms. The maximum Gasteiger partial charge on any atom is 0.434 e. The van der Waals surface area contributed by atoms with E-state index in [2.05, 4.69) is 15.4 Å². The molecular formula is C24H25ClF4N6O2. The number of fused-ring (bicyclic) bond motifs is 1. The molecule has 2 aliphatic carbocycles. The number of nitrogens with two attached hydrogens (primary N) is 1. The molecule has 0 radical (unpaired) electrons. The number of benzene rings is 1. The van der Waals surface area contributed by atoms with Crippen molar-refractivity contribution in [1.29, 1.82) is 0 Å². The zero-order valence-electron chi connectivity index (χ0n) is 20.0. The molecule has 3 aromatic rings. The summed E-state index contributed by atoms with van der Waals surface area (Å²) >= 11 is 5.82. The summed E-state index contributed by atoms with van der Waals surface area (Å²) in [5.74, 6) is -1.06. The third-order valence-electron chi connectivity index (χ3n) is 7.53. The molecule has 198 valence electrons. The lowest BCUT2D eigenvalue weighted by atomic mass is 9.91. The number of carbonyl (C=O) groups is 1. The van der Waals surface area contributed by atoms with Crippen LogP contribution in [0.5, 0.6) is 0 Å². The van der Waals surface area contributed by atoms with Crippen LogP contribution in [-0.2, 0) is 25.9 Å². The van der Waals surface area contributed by atoms with Crippen molar-refractivity contribution in [2.24, 2.45) is 25.9 Å². The summed E-state index contributed by atoms with van der Waals surface area (Å²) in [5, 5.41) is 18.3. The number of halogens is 5. The molecular weight excluding hydrogens is 516 g/mol. The molecule has 37 heavy (non-hydrogen) atoms. The van der Waals surface area contributed by atoms with Gasteiger partial charge in [0.05, 0.1) is 10.7 Å². The summed E-state index contributed by atoms with van der Waals surface area (Å²) in [6.07, 6.45) is -2.02. The van der Waals surface area contributed by atoms with Crippen molar-refractivity contribution in [2.75, 3.05) is 11.1 Å². The zero-order valence-corrected chi connectivity index (χ0v) is 20.7. The van der Waals surface area contributed by atoms with Gasteiger partial charge in [-0.25, -0.2) is 9.37 Å². The van der Waals surface area contributed by atoms with E-state index >= 15 is 0 Å². The molecule has 0 spiro atoms. The van der Waals surface area contributed by atoms with E-state index in [1.165, 1.54) is 28.4 Å². The Bertz CT molecular complexity index is 1370. The number of alkyl halides is 3. The van der Waals surface area contributed by atoms with Gasteiger partial charge in [0, 0.05) is 31.9 Å². The second kappa shape index (κ2) is 8.73. The van der Waals surface area contributed by atoms with Gasteiger partial charge in [-0.15, -0.1) is 0 Å². The second-order valence-corrected chi connectivity index (χ2v) is 10.4. The Morgan fingerprint density at radius 2 is 1.89 bits per heavy atom. The molecule has 8 nitrogen and oxygen atoms in total. The van der Waals surface area contributed by atoms with Gasteiger partial charge >= 0.3 is 6.18 Å². The third kappa shape index (κ3) is 4.46. The van der Waals surface area contributed by atoms with E-state index in [0.717, 1.165) is 12.3 Å². The van der Waals surface area contributed by atoms with Crippen LogP contribution in [0.2, 0.25) is 5.02 Å².